The predicted molar refractivity (Wildman–Crippen MR) is 122 cm³/mol. The summed E-state index contributed by atoms with van der Waals surface area (Å²) in [7, 11) is 1.67. The molecule has 0 bridgehead atoms. The van der Waals surface area contributed by atoms with Gasteiger partial charge in [0.15, 0.2) is 6.61 Å². The zero-order valence-corrected chi connectivity index (χ0v) is 18.0. The van der Waals surface area contributed by atoms with Gasteiger partial charge in [-0.1, -0.05) is 66.2 Å². The highest BCUT2D eigenvalue weighted by atomic mass is 35.5. The van der Waals surface area contributed by atoms with Crippen LogP contribution in [0.2, 0.25) is 5.02 Å². The number of aliphatic carboxylic acids is 1. The van der Waals surface area contributed by atoms with Gasteiger partial charge in [-0.25, -0.2) is 4.79 Å². The summed E-state index contributed by atoms with van der Waals surface area (Å²) in [5, 5.41) is 9.11. The number of methoxy groups -OCH3 is 1. The van der Waals surface area contributed by atoms with Crippen molar-refractivity contribution in [3.05, 3.63) is 95.0 Å². The third-order valence-electron chi connectivity index (χ3n) is 4.27. The number of carbonyl (C=O) groups is 1. The summed E-state index contributed by atoms with van der Waals surface area (Å²) >= 11 is 7.85. The number of thioether (sulfide) groups is 1. The second kappa shape index (κ2) is 10.8. The molecule has 0 amide bonds. The van der Waals surface area contributed by atoms with Crippen LogP contribution in [-0.2, 0) is 4.79 Å². The van der Waals surface area contributed by atoms with Gasteiger partial charge in [0, 0.05) is 16.2 Å². The number of hydrogen-bond acceptors (Lipinski definition) is 4. The minimum Gasteiger partial charge on any atom is -0.496 e. The summed E-state index contributed by atoms with van der Waals surface area (Å²) < 4.78 is 10.7. The van der Waals surface area contributed by atoms with Crippen LogP contribution in [-0.4, -0.2) is 30.5 Å². The van der Waals surface area contributed by atoms with Crippen LogP contribution in [0.3, 0.4) is 0 Å². The molecule has 4 nitrogen and oxygen atoms in total. The van der Waals surface area contributed by atoms with Crippen LogP contribution >= 0.6 is 23.4 Å². The third-order valence-corrected chi connectivity index (χ3v) is 5.49. The summed E-state index contributed by atoms with van der Waals surface area (Å²) in [5.41, 5.74) is 3.23. The van der Waals surface area contributed by atoms with Crippen molar-refractivity contribution in [2.24, 2.45) is 0 Å². The van der Waals surface area contributed by atoms with Gasteiger partial charge >= 0.3 is 5.97 Å². The number of ether oxygens (including phenoxy) is 2. The molecule has 3 aromatic carbocycles. The van der Waals surface area contributed by atoms with Crippen molar-refractivity contribution in [3.63, 3.8) is 0 Å². The molecule has 0 fully saturated rings. The molecular formula is C24H21ClO4S. The van der Waals surface area contributed by atoms with Crippen LogP contribution in [0.15, 0.2) is 83.8 Å². The number of rotatable bonds is 9. The first-order valence-electron chi connectivity index (χ1n) is 9.24. The van der Waals surface area contributed by atoms with Gasteiger partial charge in [0.1, 0.15) is 11.5 Å². The third kappa shape index (κ3) is 5.81. The van der Waals surface area contributed by atoms with E-state index in [9.17, 15) is 4.79 Å². The van der Waals surface area contributed by atoms with E-state index in [1.54, 1.807) is 31.0 Å². The zero-order chi connectivity index (χ0) is 21.3. The number of para-hydroxylation sites is 1. The van der Waals surface area contributed by atoms with E-state index in [4.69, 9.17) is 26.2 Å². The first kappa shape index (κ1) is 21.8. The van der Waals surface area contributed by atoms with Crippen LogP contribution in [0.25, 0.3) is 5.57 Å². The second-order valence-corrected chi connectivity index (χ2v) is 7.77. The number of halogens is 1. The summed E-state index contributed by atoms with van der Waals surface area (Å²) in [4.78, 5) is 11.6. The SMILES string of the molecule is COc1ccccc1C(=CCSc1ccc(OCC(=O)O)c(Cl)c1)c1ccccc1. The van der Waals surface area contributed by atoms with E-state index < -0.39 is 12.6 Å². The summed E-state index contributed by atoms with van der Waals surface area (Å²) in [6.45, 7) is -0.422. The molecule has 6 heteroatoms. The fourth-order valence-electron chi connectivity index (χ4n) is 2.92. The first-order valence-corrected chi connectivity index (χ1v) is 10.6. The Balaban J connectivity index is 1.80. The molecule has 0 aliphatic rings. The minimum atomic E-state index is -1.04. The highest BCUT2D eigenvalue weighted by Gasteiger charge is 2.10. The van der Waals surface area contributed by atoms with Gasteiger partial charge in [-0.15, -0.1) is 11.8 Å². The van der Waals surface area contributed by atoms with Gasteiger partial charge in [0.25, 0.3) is 0 Å². The molecule has 0 saturated carbocycles. The van der Waals surface area contributed by atoms with E-state index in [-0.39, 0.29) is 0 Å². The lowest BCUT2D eigenvalue weighted by Gasteiger charge is -2.13. The first-order chi connectivity index (χ1) is 14.6. The Morgan fingerprint density at radius 2 is 1.77 bits per heavy atom. The molecule has 1 N–H and O–H groups in total. The molecule has 30 heavy (non-hydrogen) atoms. The largest absolute Gasteiger partial charge is 0.496 e. The van der Waals surface area contributed by atoms with Crippen molar-refractivity contribution >= 4 is 34.9 Å². The fraction of sp³-hybridized carbons (Fsp3) is 0.125. The summed E-state index contributed by atoms with van der Waals surface area (Å²) in [6.07, 6.45) is 2.17. The van der Waals surface area contributed by atoms with Gasteiger partial charge in [0.05, 0.1) is 12.1 Å². The van der Waals surface area contributed by atoms with E-state index in [2.05, 4.69) is 18.2 Å². The second-order valence-electron chi connectivity index (χ2n) is 6.27. The molecule has 3 rings (SSSR count). The van der Waals surface area contributed by atoms with Crippen molar-refractivity contribution in [1.82, 2.24) is 0 Å². The van der Waals surface area contributed by atoms with Crippen molar-refractivity contribution in [3.8, 4) is 11.5 Å². The Labute approximate surface area is 185 Å². The lowest BCUT2D eigenvalue weighted by Crippen LogP contribution is -2.09. The van der Waals surface area contributed by atoms with Gasteiger partial charge in [-0.3, -0.25) is 0 Å². The topological polar surface area (TPSA) is 55.8 Å². The molecule has 0 aliphatic carbocycles. The maximum atomic E-state index is 10.6. The molecule has 154 valence electrons. The Morgan fingerprint density at radius 1 is 1.03 bits per heavy atom. The van der Waals surface area contributed by atoms with E-state index in [0.29, 0.717) is 16.5 Å². The normalized spacial score (nSPS) is 11.2. The molecule has 0 spiro atoms. The fourth-order valence-corrected chi connectivity index (χ4v) is 4.02. The minimum absolute atomic E-state index is 0.359. The number of hydrogen-bond donors (Lipinski definition) is 1. The smallest absolute Gasteiger partial charge is 0.341 e. The summed E-state index contributed by atoms with van der Waals surface area (Å²) in [6, 6.07) is 23.5. The van der Waals surface area contributed by atoms with Gasteiger partial charge in [-0.2, -0.15) is 0 Å². The van der Waals surface area contributed by atoms with Crippen LogP contribution in [0.1, 0.15) is 11.1 Å². The van der Waals surface area contributed by atoms with E-state index in [1.165, 1.54) is 0 Å². The molecule has 0 atom stereocenters. The molecule has 0 aromatic heterocycles. The highest BCUT2D eigenvalue weighted by Crippen LogP contribution is 2.33. The lowest BCUT2D eigenvalue weighted by atomic mass is 9.97. The summed E-state index contributed by atoms with van der Waals surface area (Å²) in [5.74, 6) is 0.853. The maximum absolute atomic E-state index is 10.6. The molecule has 0 aliphatic heterocycles. The molecule has 0 unspecified atom stereocenters. The van der Waals surface area contributed by atoms with Crippen molar-refractivity contribution in [2.75, 3.05) is 19.5 Å². The van der Waals surface area contributed by atoms with E-state index in [1.807, 2.05) is 48.5 Å². The molecule has 3 aromatic rings. The van der Waals surface area contributed by atoms with E-state index in [0.717, 1.165) is 27.3 Å². The van der Waals surface area contributed by atoms with Crippen LogP contribution in [0.5, 0.6) is 11.5 Å². The van der Waals surface area contributed by atoms with Crippen molar-refractivity contribution in [1.29, 1.82) is 0 Å². The average Bonchev–Trinajstić information content (AvgIpc) is 2.76. The number of carboxylic acids is 1. The highest BCUT2D eigenvalue weighted by molar-refractivity contribution is 7.99. The van der Waals surface area contributed by atoms with Crippen molar-refractivity contribution in [2.45, 2.75) is 4.90 Å². The Kier molecular flexibility index (Phi) is 7.82. The van der Waals surface area contributed by atoms with Gasteiger partial charge in [-0.05, 0) is 35.4 Å². The monoisotopic (exact) mass is 440 g/mol. The average molecular weight is 441 g/mol. The Morgan fingerprint density at radius 3 is 2.47 bits per heavy atom. The Hall–Kier alpha value is -2.89. The standard InChI is InChI=1S/C24H21ClO4S/c1-28-22-10-6-5-9-20(22)19(17-7-3-2-4-8-17)13-14-30-18-11-12-23(21(25)15-18)29-16-24(26)27/h2-13,15H,14,16H2,1H3,(H,26,27). The van der Waals surface area contributed by atoms with Gasteiger partial charge < -0.3 is 14.6 Å². The quantitative estimate of drug-likeness (QED) is 0.411. The molecule has 0 radical (unpaired) electrons. The molecular weight excluding hydrogens is 420 g/mol. The lowest BCUT2D eigenvalue weighted by molar-refractivity contribution is -0.139. The maximum Gasteiger partial charge on any atom is 0.341 e. The number of benzene rings is 3. The van der Waals surface area contributed by atoms with Crippen LogP contribution in [0.4, 0.5) is 0 Å². The van der Waals surface area contributed by atoms with Crippen LogP contribution < -0.4 is 9.47 Å². The molecule has 0 heterocycles. The molecule has 0 saturated heterocycles. The Bertz CT molecular complexity index is 1030. The predicted octanol–water partition coefficient (Wildman–Crippen LogP) is 6.04. The van der Waals surface area contributed by atoms with Crippen LogP contribution in [0, 0.1) is 0 Å². The van der Waals surface area contributed by atoms with E-state index >= 15 is 0 Å². The zero-order valence-electron chi connectivity index (χ0n) is 16.4. The van der Waals surface area contributed by atoms with Gasteiger partial charge in [0.2, 0.25) is 0 Å². The van der Waals surface area contributed by atoms with Crippen molar-refractivity contribution < 1.29 is 19.4 Å². The number of carboxylic acid groups (broad SMARTS) is 1.